The molecule has 0 unspecified atom stereocenters. The minimum Gasteiger partial charge on any atom is -0.511 e. The fourth-order valence-corrected chi connectivity index (χ4v) is 0.800. The molecule has 0 saturated carbocycles. The molecular formula is C10H15NO4. The SMILES string of the molecule is COC(=O)/C(C=NC(C)=O)=C(/O)C(C)C. The van der Waals surface area contributed by atoms with Gasteiger partial charge in [0.05, 0.1) is 7.11 Å². The molecule has 1 amide bonds. The first-order valence-corrected chi connectivity index (χ1v) is 4.46. The molecule has 0 rings (SSSR count). The molecule has 0 bridgehead atoms. The van der Waals surface area contributed by atoms with Crippen LogP contribution in [0.3, 0.4) is 0 Å². The lowest BCUT2D eigenvalue weighted by molar-refractivity contribution is -0.135. The zero-order chi connectivity index (χ0) is 12.0. The van der Waals surface area contributed by atoms with Crippen molar-refractivity contribution in [1.82, 2.24) is 0 Å². The van der Waals surface area contributed by atoms with Crippen molar-refractivity contribution in [2.45, 2.75) is 20.8 Å². The molecule has 5 nitrogen and oxygen atoms in total. The van der Waals surface area contributed by atoms with Crippen molar-refractivity contribution in [2.24, 2.45) is 10.9 Å². The lowest BCUT2D eigenvalue weighted by atomic mass is 10.1. The summed E-state index contributed by atoms with van der Waals surface area (Å²) in [6.07, 6.45) is 1.02. The van der Waals surface area contributed by atoms with Crippen molar-refractivity contribution in [3.63, 3.8) is 0 Å². The highest BCUT2D eigenvalue weighted by molar-refractivity contribution is 6.11. The highest BCUT2D eigenvalue weighted by Gasteiger charge is 2.16. The zero-order valence-corrected chi connectivity index (χ0v) is 9.27. The average Bonchev–Trinajstić information content (AvgIpc) is 2.16. The van der Waals surface area contributed by atoms with Crippen LogP contribution in [-0.4, -0.2) is 30.3 Å². The summed E-state index contributed by atoms with van der Waals surface area (Å²) in [5.41, 5.74) is -0.0947. The molecular weight excluding hydrogens is 198 g/mol. The average molecular weight is 213 g/mol. The molecule has 0 atom stereocenters. The van der Waals surface area contributed by atoms with E-state index in [0.717, 1.165) is 6.21 Å². The molecule has 0 aromatic heterocycles. The summed E-state index contributed by atoms with van der Waals surface area (Å²) in [5.74, 6) is -1.55. The van der Waals surface area contributed by atoms with Gasteiger partial charge in [0.2, 0.25) is 5.91 Å². The second-order valence-corrected chi connectivity index (χ2v) is 3.22. The number of hydrogen-bond acceptors (Lipinski definition) is 4. The van der Waals surface area contributed by atoms with E-state index >= 15 is 0 Å². The maximum absolute atomic E-state index is 11.2. The smallest absolute Gasteiger partial charge is 0.342 e. The number of hydrogen-bond donors (Lipinski definition) is 1. The van der Waals surface area contributed by atoms with E-state index in [9.17, 15) is 14.7 Å². The Hall–Kier alpha value is -1.65. The number of carbonyl (C=O) groups is 2. The van der Waals surface area contributed by atoms with Crippen LogP contribution in [0.2, 0.25) is 0 Å². The summed E-state index contributed by atoms with van der Waals surface area (Å²) in [5, 5.41) is 9.58. The summed E-state index contributed by atoms with van der Waals surface area (Å²) in [7, 11) is 1.19. The molecule has 15 heavy (non-hydrogen) atoms. The van der Waals surface area contributed by atoms with Gasteiger partial charge in [-0.25, -0.2) is 9.79 Å². The minimum atomic E-state index is -0.716. The molecule has 0 fully saturated rings. The van der Waals surface area contributed by atoms with Crippen molar-refractivity contribution in [3.8, 4) is 0 Å². The number of aliphatic imine (C=N–C) groups is 1. The number of rotatable bonds is 3. The van der Waals surface area contributed by atoms with Crippen LogP contribution in [0.4, 0.5) is 0 Å². The van der Waals surface area contributed by atoms with Crippen LogP contribution in [0.1, 0.15) is 20.8 Å². The van der Waals surface area contributed by atoms with Crippen LogP contribution in [0, 0.1) is 5.92 Å². The quantitative estimate of drug-likeness (QED) is 0.331. The lowest BCUT2D eigenvalue weighted by Gasteiger charge is -2.07. The molecule has 0 aliphatic heterocycles. The third-order valence-corrected chi connectivity index (χ3v) is 1.60. The number of esters is 1. The number of amides is 1. The van der Waals surface area contributed by atoms with Gasteiger partial charge >= 0.3 is 5.97 Å². The van der Waals surface area contributed by atoms with Crippen molar-refractivity contribution < 1.29 is 19.4 Å². The van der Waals surface area contributed by atoms with Gasteiger partial charge in [0.1, 0.15) is 11.3 Å². The van der Waals surface area contributed by atoms with Gasteiger partial charge in [-0.15, -0.1) is 0 Å². The van der Waals surface area contributed by atoms with Crippen molar-refractivity contribution in [1.29, 1.82) is 0 Å². The number of ether oxygens (including phenoxy) is 1. The first-order chi connectivity index (χ1) is 6.90. The van der Waals surface area contributed by atoms with Crippen molar-refractivity contribution >= 4 is 18.1 Å². The summed E-state index contributed by atoms with van der Waals surface area (Å²) in [6, 6.07) is 0. The number of aliphatic hydroxyl groups excluding tert-OH is 1. The second-order valence-electron chi connectivity index (χ2n) is 3.22. The van der Waals surface area contributed by atoms with Gasteiger partial charge in [0.15, 0.2) is 0 Å². The zero-order valence-electron chi connectivity index (χ0n) is 9.27. The Labute approximate surface area is 88.5 Å². The Morgan fingerprint density at radius 3 is 2.27 bits per heavy atom. The largest absolute Gasteiger partial charge is 0.511 e. The van der Waals surface area contributed by atoms with Crippen LogP contribution >= 0.6 is 0 Å². The van der Waals surface area contributed by atoms with Crippen LogP contribution in [0.15, 0.2) is 16.3 Å². The van der Waals surface area contributed by atoms with Gasteiger partial charge in [0, 0.05) is 19.1 Å². The Balaban J connectivity index is 5.15. The summed E-state index contributed by atoms with van der Waals surface area (Å²) < 4.78 is 4.46. The normalized spacial score (nSPS) is 12.9. The third-order valence-electron chi connectivity index (χ3n) is 1.60. The molecule has 1 N–H and O–H groups in total. The number of nitrogens with zero attached hydrogens (tertiary/aromatic N) is 1. The number of carbonyl (C=O) groups excluding carboxylic acids is 2. The minimum absolute atomic E-state index is 0.0947. The van der Waals surface area contributed by atoms with Crippen LogP contribution < -0.4 is 0 Å². The van der Waals surface area contributed by atoms with Crippen LogP contribution in [0.5, 0.6) is 0 Å². The molecule has 84 valence electrons. The first-order valence-electron chi connectivity index (χ1n) is 4.46. The maximum Gasteiger partial charge on any atom is 0.342 e. The molecule has 0 aromatic rings. The number of aliphatic hydroxyl groups is 1. The van der Waals surface area contributed by atoms with Gasteiger partial charge in [-0.05, 0) is 0 Å². The number of methoxy groups -OCH3 is 1. The van der Waals surface area contributed by atoms with Gasteiger partial charge < -0.3 is 9.84 Å². The van der Waals surface area contributed by atoms with Gasteiger partial charge in [0.25, 0.3) is 0 Å². The molecule has 0 spiro atoms. The lowest BCUT2D eigenvalue weighted by Crippen LogP contribution is -2.12. The van der Waals surface area contributed by atoms with E-state index in [1.807, 2.05) is 0 Å². The highest BCUT2D eigenvalue weighted by Crippen LogP contribution is 2.11. The third kappa shape index (κ3) is 4.39. The predicted molar refractivity (Wildman–Crippen MR) is 55.7 cm³/mol. The number of allylic oxidation sites excluding steroid dienone is 1. The van der Waals surface area contributed by atoms with E-state index in [1.165, 1.54) is 14.0 Å². The fraction of sp³-hybridized carbons (Fsp3) is 0.500. The predicted octanol–water partition coefficient (Wildman–Crippen LogP) is 1.24. The van der Waals surface area contributed by atoms with E-state index in [4.69, 9.17) is 0 Å². The van der Waals surface area contributed by atoms with Crippen LogP contribution in [-0.2, 0) is 14.3 Å². The molecule has 0 aromatic carbocycles. The molecule has 0 aliphatic carbocycles. The van der Waals surface area contributed by atoms with Crippen molar-refractivity contribution in [3.05, 3.63) is 11.3 Å². The monoisotopic (exact) mass is 213 g/mol. The summed E-state index contributed by atoms with van der Waals surface area (Å²) in [6.45, 7) is 4.66. The molecule has 5 heteroatoms. The topological polar surface area (TPSA) is 76.0 Å². The van der Waals surface area contributed by atoms with E-state index in [0.29, 0.717) is 0 Å². The standard InChI is InChI=1S/C10H15NO4/c1-6(2)9(13)8(10(14)15-4)5-11-7(3)12/h5-6,13H,1-4H3/b9-8+,11-5?. The van der Waals surface area contributed by atoms with Crippen molar-refractivity contribution in [2.75, 3.05) is 7.11 Å². The first kappa shape index (κ1) is 13.4. The Morgan fingerprint density at radius 1 is 1.40 bits per heavy atom. The fourth-order valence-electron chi connectivity index (χ4n) is 0.800. The molecule has 0 aliphatic rings. The summed E-state index contributed by atoms with van der Waals surface area (Å²) >= 11 is 0. The maximum atomic E-state index is 11.2. The van der Waals surface area contributed by atoms with E-state index in [-0.39, 0.29) is 17.3 Å². The van der Waals surface area contributed by atoms with Gasteiger partial charge in [-0.1, -0.05) is 13.8 Å². The Kier molecular flexibility index (Phi) is 5.30. The van der Waals surface area contributed by atoms with Gasteiger partial charge in [-0.3, -0.25) is 4.79 Å². The van der Waals surface area contributed by atoms with E-state index < -0.39 is 11.9 Å². The molecule has 0 radical (unpaired) electrons. The highest BCUT2D eigenvalue weighted by atomic mass is 16.5. The second kappa shape index (κ2) is 5.95. The van der Waals surface area contributed by atoms with E-state index in [2.05, 4.69) is 9.73 Å². The molecule has 0 saturated heterocycles. The molecule has 0 heterocycles. The summed E-state index contributed by atoms with van der Waals surface area (Å²) in [4.78, 5) is 25.2. The Bertz CT molecular complexity index is 315. The Morgan fingerprint density at radius 2 is 1.93 bits per heavy atom. The van der Waals surface area contributed by atoms with Gasteiger partial charge in [-0.2, -0.15) is 0 Å². The van der Waals surface area contributed by atoms with E-state index in [1.54, 1.807) is 13.8 Å². The van der Waals surface area contributed by atoms with Crippen LogP contribution in [0.25, 0.3) is 0 Å².